The van der Waals surface area contributed by atoms with Crippen molar-refractivity contribution in [1.82, 2.24) is 4.90 Å². The minimum Gasteiger partial charge on any atom is -0.477 e. The first kappa shape index (κ1) is 21.4. The first-order valence-corrected chi connectivity index (χ1v) is 9.69. The third-order valence-corrected chi connectivity index (χ3v) is 5.03. The molecule has 1 N–H and O–H groups in total. The summed E-state index contributed by atoms with van der Waals surface area (Å²) in [5, 5.41) is 14.3. The van der Waals surface area contributed by atoms with Crippen LogP contribution in [0.2, 0.25) is 5.02 Å². The van der Waals surface area contributed by atoms with Crippen molar-refractivity contribution in [2.75, 3.05) is 43.0 Å². The van der Waals surface area contributed by atoms with Crippen LogP contribution in [-0.4, -0.2) is 54.4 Å². The van der Waals surface area contributed by atoms with Crippen molar-refractivity contribution in [2.45, 2.75) is 6.92 Å². The molecular weight excluding hydrogens is 412 g/mol. The number of para-hydroxylation sites is 3. The SMILES string of the molecule is CC(=O)N1CCN(c2c(Cl)cccc2NC(=O)COc2ccccc2[N+](=O)[O-])CC1. The Morgan fingerprint density at radius 2 is 1.83 bits per heavy atom. The van der Waals surface area contributed by atoms with Crippen LogP contribution in [0, 0.1) is 10.1 Å². The summed E-state index contributed by atoms with van der Waals surface area (Å²) >= 11 is 6.39. The summed E-state index contributed by atoms with van der Waals surface area (Å²) < 4.78 is 5.34. The molecule has 10 heteroatoms. The highest BCUT2D eigenvalue weighted by molar-refractivity contribution is 6.34. The maximum Gasteiger partial charge on any atom is 0.310 e. The van der Waals surface area contributed by atoms with Crippen molar-refractivity contribution in [3.63, 3.8) is 0 Å². The highest BCUT2D eigenvalue weighted by Gasteiger charge is 2.23. The molecule has 0 atom stereocenters. The van der Waals surface area contributed by atoms with Gasteiger partial charge in [0.15, 0.2) is 12.4 Å². The van der Waals surface area contributed by atoms with Crippen LogP contribution in [-0.2, 0) is 9.59 Å². The van der Waals surface area contributed by atoms with Crippen molar-refractivity contribution in [2.24, 2.45) is 0 Å². The molecule has 0 aliphatic carbocycles. The number of nitrogens with zero attached hydrogens (tertiary/aromatic N) is 3. The van der Waals surface area contributed by atoms with E-state index in [1.807, 2.05) is 4.90 Å². The second-order valence-corrected chi connectivity index (χ2v) is 7.10. The number of amides is 2. The topological polar surface area (TPSA) is 105 Å². The Morgan fingerprint density at radius 1 is 1.13 bits per heavy atom. The van der Waals surface area contributed by atoms with Gasteiger partial charge in [0.25, 0.3) is 5.91 Å². The smallest absolute Gasteiger partial charge is 0.310 e. The molecule has 3 rings (SSSR count). The lowest BCUT2D eigenvalue weighted by molar-refractivity contribution is -0.385. The maximum absolute atomic E-state index is 12.4. The molecule has 30 heavy (non-hydrogen) atoms. The molecule has 9 nitrogen and oxygen atoms in total. The summed E-state index contributed by atoms with van der Waals surface area (Å²) in [6.07, 6.45) is 0. The average Bonchev–Trinajstić information content (AvgIpc) is 2.72. The van der Waals surface area contributed by atoms with Crippen molar-refractivity contribution in [3.05, 3.63) is 57.6 Å². The summed E-state index contributed by atoms with van der Waals surface area (Å²) in [4.78, 5) is 38.2. The molecule has 1 aliphatic heterocycles. The number of nitrogens with one attached hydrogen (secondary N) is 1. The van der Waals surface area contributed by atoms with E-state index in [1.54, 1.807) is 29.2 Å². The Labute approximate surface area is 178 Å². The zero-order chi connectivity index (χ0) is 21.7. The first-order valence-electron chi connectivity index (χ1n) is 9.32. The van der Waals surface area contributed by atoms with Crippen LogP contribution in [0.25, 0.3) is 0 Å². The second-order valence-electron chi connectivity index (χ2n) is 6.69. The Balaban J connectivity index is 1.69. The van der Waals surface area contributed by atoms with Gasteiger partial charge in [0.05, 0.1) is 21.3 Å². The number of benzene rings is 2. The van der Waals surface area contributed by atoms with E-state index in [2.05, 4.69) is 5.32 Å². The number of halogens is 1. The van der Waals surface area contributed by atoms with Crippen LogP contribution in [0.15, 0.2) is 42.5 Å². The lowest BCUT2D eigenvalue weighted by Gasteiger charge is -2.36. The van der Waals surface area contributed by atoms with Crippen LogP contribution in [0.3, 0.4) is 0 Å². The molecule has 2 amide bonds. The van der Waals surface area contributed by atoms with Gasteiger partial charge in [0.1, 0.15) is 0 Å². The zero-order valence-electron chi connectivity index (χ0n) is 16.3. The summed E-state index contributed by atoms with van der Waals surface area (Å²) in [5.41, 5.74) is 0.966. The predicted octanol–water partition coefficient (Wildman–Crippen LogP) is 2.93. The first-order chi connectivity index (χ1) is 14.4. The normalized spacial score (nSPS) is 13.7. The van der Waals surface area contributed by atoms with Crippen LogP contribution in [0.1, 0.15) is 6.92 Å². The van der Waals surface area contributed by atoms with Gasteiger partial charge in [-0.1, -0.05) is 29.8 Å². The van der Waals surface area contributed by atoms with E-state index >= 15 is 0 Å². The van der Waals surface area contributed by atoms with Crippen molar-refractivity contribution in [3.8, 4) is 5.75 Å². The summed E-state index contributed by atoms with van der Waals surface area (Å²) in [6.45, 7) is 3.43. The molecule has 1 fully saturated rings. The second kappa shape index (κ2) is 9.45. The zero-order valence-corrected chi connectivity index (χ0v) is 17.1. The van der Waals surface area contributed by atoms with Crippen molar-refractivity contribution < 1.29 is 19.2 Å². The molecule has 2 aromatic rings. The highest BCUT2D eigenvalue weighted by Crippen LogP contribution is 2.34. The van der Waals surface area contributed by atoms with Crippen LogP contribution in [0.4, 0.5) is 17.1 Å². The van der Waals surface area contributed by atoms with Crippen molar-refractivity contribution in [1.29, 1.82) is 0 Å². The van der Waals surface area contributed by atoms with Crippen LogP contribution >= 0.6 is 11.6 Å². The Hall–Kier alpha value is -3.33. The average molecular weight is 433 g/mol. The predicted molar refractivity (Wildman–Crippen MR) is 113 cm³/mol. The monoisotopic (exact) mass is 432 g/mol. The van der Waals surface area contributed by atoms with E-state index in [0.717, 1.165) is 0 Å². The van der Waals surface area contributed by atoms with Crippen molar-refractivity contribution >= 4 is 40.5 Å². The summed E-state index contributed by atoms with van der Waals surface area (Å²) in [7, 11) is 0. The van der Waals surface area contributed by atoms with Gasteiger partial charge in [-0.3, -0.25) is 19.7 Å². The molecule has 0 saturated carbocycles. The van der Waals surface area contributed by atoms with E-state index in [1.165, 1.54) is 25.1 Å². The number of anilines is 2. The van der Waals surface area contributed by atoms with E-state index in [4.69, 9.17) is 16.3 Å². The number of hydrogen-bond donors (Lipinski definition) is 1. The number of ether oxygens (including phenoxy) is 1. The van der Waals surface area contributed by atoms with E-state index in [0.29, 0.717) is 42.6 Å². The van der Waals surface area contributed by atoms with Gasteiger partial charge in [0, 0.05) is 39.2 Å². The van der Waals surface area contributed by atoms with E-state index in [-0.39, 0.29) is 17.3 Å². The molecular formula is C20H21ClN4O5. The molecule has 158 valence electrons. The third-order valence-electron chi connectivity index (χ3n) is 4.72. The Morgan fingerprint density at radius 3 is 2.50 bits per heavy atom. The summed E-state index contributed by atoms with van der Waals surface area (Å²) in [5.74, 6) is -0.433. The van der Waals surface area contributed by atoms with Gasteiger partial charge < -0.3 is 19.9 Å². The fourth-order valence-electron chi connectivity index (χ4n) is 3.24. The van der Waals surface area contributed by atoms with E-state index < -0.39 is 17.4 Å². The molecule has 0 bridgehead atoms. The quantitative estimate of drug-likeness (QED) is 0.555. The number of carbonyl (C=O) groups excluding carboxylic acids is 2. The molecule has 0 unspecified atom stereocenters. The lowest BCUT2D eigenvalue weighted by Crippen LogP contribution is -2.48. The van der Waals surface area contributed by atoms with Gasteiger partial charge in [-0.05, 0) is 18.2 Å². The number of nitro benzene ring substituents is 1. The largest absolute Gasteiger partial charge is 0.477 e. The fraction of sp³-hybridized carbons (Fsp3) is 0.300. The number of piperazine rings is 1. The number of carbonyl (C=O) groups is 2. The molecule has 0 spiro atoms. The number of nitro groups is 1. The lowest BCUT2D eigenvalue weighted by atomic mass is 10.2. The standard InChI is InChI=1S/C20H21ClN4O5/c1-14(26)23-9-11-24(12-10-23)20-15(21)5-4-6-16(20)22-19(27)13-30-18-8-3-2-7-17(18)25(28)29/h2-8H,9-13H2,1H3,(H,22,27). The van der Waals surface area contributed by atoms with E-state index in [9.17, 15) is 19.7 Å². The molecule has 1 saturated heterocycles. The Kier molecular flexibility index (Phi) is 6.73. The van der Waals surface area contributed by atoms with Gasteiger partial charge >= 0.3 is 5.69 Å². The molecule has 1 aliphatic rings. The number of hydrogen-bond acceptors (Lipinski definition) is 6. The maximum atomic E-state index is 12.4. The highest BCUT2D eigenvalue weighted by atomic mass is 35.5. The molecule has 1 heterocycles. The van der Waals surface area contributed by atoms with Gasteiger partial charge in [-0.2, -0.15) is 0 Å². The molecule has 0 radical (unpaired) electrons. The molecule has 2 aromatic carbocycles. The van der Waals surface area contributed by atoms with Crippen LogP contribution in [0.5, 0.6) is 5.75 Å². The minimum absolute atomic E-state index is 0.0179. The number of rotatable bonds is 6. The van der Waals surface area contributed by atoms with Gasteiger partial charge in [0.2, 0.25) is 5.91 Å². The van der Waals surface area contributed by atoms with Gasteiger partial charge in [-0.25, -0.2) is 0 Å². The third kappa shape index (κ3) is 4.98. The molecule has 0 aromatic heterocycles. The fourth-order valence-corrected chi connectivity index (χ4v) is 3.54. The summed E-state index contributed by atoms with van der Waals surface area (Å²) in [6, 6.07) is 11.0. The minimum atomic E-state index is -0.566. The Bertz CT molecular complexity index is 960. The van der Waals surface area contributed by atoms with Crippen LogP contribution < -0.4 is 15.0 Å². The van der Waals surface area contributed by atoms with Gasteiger partial charge in [-0.15, -0.1) is 0 Å².